The normalized spacial score (nSPS) is 42.2. The van der Waals surface area contributed by atoms with E-state index in [0.29, 0.717) is 17.4 Å². The summed E-state index contributed by atoms with van der Waals surface area (Å²) in [6.45, 7) is 1.69. The van der Waals surface area contributed by atoms with Crippen LogP contribution in [-0.2, 0) is 5.54 Å². The highest BCUT2D eigenvalue weighted by atomic mass is 19.1. The summed E-state index contributed by atoms with van der Waals surface area (Å²) < 4.78 is 28.8. The third kappa shape index (κ3) is 1.45. The lowest BCUT2D eigenvalue weighted by Gasteiger charge is -2.41. The zero-order valence-corrected chi connectivity index (χ0v) is 11.8. The Morgan fingerprint density at radius 2 is 1.95 bits per heavy atom. The number of nitrogens with two attached hydrogens (primary N) is 1. The van der Waals surface area contributed by atoms with E-state index in [1.807, 2.05) is 0 Å². The molecule has 20 heavy (non-hydrogen) atoms. The van der Waals surface area contributed by atoms with Crippen LogP contribution in [0.15, 0.2) is 12.1 Å². The van der Waals surface area contributed by atoms with E-state index in [9.17, 15) is 8.78 Å². The average molecular weight is 277 g/mol. The molecule has 108 valence electrons. The standard InChI is InChI=1S/C17H21F2N/c1-9-5-6-14(18)15(16(9)19)17(20)8-10-7-13(17)12-4-2-3-11(10)12/h5-6,10-13H,2-4,7-8,20H2,1H3. The van der Waals surface area contributed by atoms with Gasteiger partial charge in [-0.3, -0.25) is 0 Å². The van der Waals surface area contributed by atoms with E-state index in [4.69, 9.17) is 5.73 Å². The van der Waals surface area contributed by atoms with Crippen molar-refractivity contribution in [1.29, 1.82) is 0 Å². The number of hydrogen-bond donors (Lipinski definition) is 1. The third-order valence-electron chi connectivity index (χ3n) is 6.32. The van der Waals surface area contributed by atoms with Gasteiger partial charge in [0.1, 0.15) is 11.6 Å². The van der Waals surface area contributed by atoms with Gasteiger partial charge in [-0.15, -0.1) is 0 Å². The van der Waals surface area contributed by atoms with E-state index in [2.05, 4.69) is 0 Å². The Labute approximate surface area is 118 Å². The van der Waals surface area contributed by atoms with Crippen LogP contribution in [0.3, 0.4) is 0 Å². The molecule has 3 fully saturated rings. The highest BCUT2D eigenvalue weighted by Gasteiger charge is 2.61. The molecule has 0 aromatic heterocycles. The zero-order valence-electron chi connectivity index (χ0n) is 11.8. The van der Waals surface area contributed by atoms with Gasteiger partial charge in [-0.2, -0.15) is 0 Å². The predicted molar refractivity (Wildman–Crippen MR) is 74.0 cm³/mol. The molecule has 3 aliphatic carbocycles. The number of rotatable bonds is 1. The van der Waals surface area contributed by atoms with Gasteiger partial charge in [0, 0.05) is 5.56 Å². The fraction of sp³-hybridized carbons (Fsp3) is 0.647. The molecule has 3 saturated carbocycles. The molecule has 0 amide bonds. The lowest BCUT2D eigenvalue weighted by atomic mass is 9.68. The topological polar surface area (TPSA) is 26.0 Å². The summed E-state index contributed by atoms with van der Waals surface area (Å²) in [5.41, 5.74) is 6.49. The van der Waals surface area contributed by atoms with Crippen molar-refractivity contribution in [2.45, 2.75) is 44.6 Å². The van der Waals surface area contributed by atoms with Crippen LogP contribution in [0.4, 0.5) is 8.78 Å². The number of halogens is 2. The molecule has 1 aromatic carbocycles. The monoisotopic (exact) mass is 277 g/mol. The summed E-state index contributed by atoms with van der Waals surface area (Å²) in [5, 5.41) is 0. The second kappa shape index (κ2) is 4.03. The van der Waals surface area contributed by atoms with Crippen LogP contribution in [0.25, 0.3) is 0 Å². The fourth-order valence-electron chi connectivity index (χ4n) is 5.56. The van der Waals surface area contributed by atoms with Gasteiger partial charge in [0.15, 0.2) is 0 Å². The minimum atomic E-state index is -0.781. The van der Waals surface area contributed by atoms with Crippen LogP contribution in [-0.4, -0.2) is 0 Å². The minimum absolute atomic E-state index is 0.162. The van der Waals surface area contributed by atoms with Crippen LogP contribution in [0, 0.1) is 42.2 Å². The molecule has 5 unspecified atom stereocenters. The van der Waals surface area contributed by atoms with Crippen molar-refractivity contribution in [3.8, 4) is 0 Å². The molecule has 4 rings (SSSR count). The molecule has 3 heteroatoms. The van der Waals surface area contributed by atoms with Crippen molar-refractivity contribution in [3.63, 3.8) is 0 Å². The van der Waals surface area contributed by atoms with E-state index in [1.54, 1.807) is 6.92 Å². The van der Waals surface area contributed by atoms with Gasteiger partial charge in [-0.1, -0.05) is 12.5 Å². The van der Waals surface area contributed by atoms with Gasteiger partial charge in [-0.25, -0.2) is 8.78 Å². The highest BCUT2D eigenvalue weighted by Crippen LogP contribution is 2.64. The van der Waals surface area contributed by atoms with Gasteiger partial charge >= 0.3 is 0 Å². The molecular weight excluding hydrogens is 256 g/mol. The maximum absolute atomic E-state index is 14.5. The van der Waals surface area contributed by atoms with Crippen LogP contribution >= 0.6 is 0 Å². The SMILES string of the molecule is Cc1ccc(F)c(C2(N)CC3CC2C2CCCC32)c1F. The Balaban J connectivity index is 1.82. The second-order valence-corrected chi connectivity index (χ2v) is 7.16. The summed E-state index contributed by atoms with van der Waals surface area (Å²) in [5.74, 6) is 1.33. The first kappa shape index (κ1) is 12.8. The molecule has 5 atom stereocenters. The first-order valence-electron chi connectivity index (χ1n) is 7.76. The molecule has 3 aliphatic rings. The smallest absolute Gasteiger partial charge is 0.134 e. The zero-order chi connectivity index (χ0) is 14.1. The number of fused-ring (bicyclic) bond motifs is 5. The Morgan fingerprint density at radius 1 is 1.20 bits per heavy atom. The number of hydrogen-bond acceptors (Lipinski definition) is 1. The van der Waals surface area contributed by atoms with E-state index in [0.717, 1.165) is 18.8 Å². The summed E-state index contributed by atoms with van der Waals surface area (Å²) in [6.07, 6.45) is 5.58. The van der Waals surface area contributed by atoms with Gasteiger partial charge in [0.25, 0.3) is 0 Å². The van der Waals surface area contributed by atoms with Gasteiger partial charge in [-0.05, 0) is 67.9 Å². The van der Waals surface area contributed by atoms with Crippen molar-refractivity contribution in [2.24, 2.45) is 29.4 Å². The van der Waals surface area contributed by atoms with Crippen LogP contribution in [0.5, 0.6) is 0 Å². The first-order valence-corrected chi connectivity index (χ1v) is 7.76. The second-order valence-electron chi connectivity index (χ2n) is 7.16. The minimum Gasteiger partial charge on any atom is -0.321 e. The average Bonchev–Trinajstić information content (AvgIpc) is 3.05. The highest BCUT2D eigenvalue weighted by molar-refractivity contribution is 5.36. The molecule has 0 radical (unpaired) electrons. The molecule has 1 nitrogen and oxygen atoms in total. The Bertz CT molecular complexity index is 570. The summed E-state index contributed by atoms with van der Waals surface area (Å²) in [4.78, 5) is 0. The van der Waals surface area contributed by atoms with E-state index >= 15 is 0 Å². The summed E-state index contributed by atoms with van der Waals surface area (Å²) in [7, 11) is 0. The molecule has 0 heterocycles. The maximum atomic E-state index is 14.5. The van der Waals surface area contributed by atoms with E-state index in [-0.39, 0.29) is 11.5 Å². The molecule has 0 aliphatic heterocycles. The molecule has 1 aromatic rings. The molecule has 2 bridgehead atoms. The van der Waals surface area contributed by atoms with Crippen LogP contribution in [0.2, 0.25) is 0 Å². The van der Waals surface area contributed by atoms with Crippen LogP contribution < -0.4 is 5.73 Å². The van der Waals surface area contributed by atoms with Crippen molar-refractivity contribution in [2.75, 3.05) is 0 Å². The fourth-order valence-corrected chi connectivity index (χ4v) is 5.56. The van der Waals surface area contributed by atoms with Gasteiger partial charge in [0.2, 0.25) is 0 Å². The quantitative estimate of drug-likeness (QED) is 0.828. The van der Waals surface area contributed by atoms with Crippen molar-refractivity contribution >= 4 is 0 Å². The molecule has 2 N–H and O–H groups in total. The summed E-state index contributed by atoms with van der Waals surface area (Å²) in [6, 6.07) is 2.88. The number of aryl methyl sites for hydroxylation is 1. The Hall–Kier alpha value is -0.960. The predicted octanol–water partition coefficient (Wildman–Crippen LogP) is 3.88. The van der Waals surface area contributed by atoms with Gasteiger partial charge in [0.05, 0.1) is 5.54 Å². The van der Waals surface area contributed by atoms with Crippen molar-refractivity contribution in [1.82, 2.24) is 0 Å². The van der Waals surface area contributed by atoms with Crippen LogP contribution in [0.1, 0.15) is 43.2 Å². The molecule has 0 saturated heterocycles. The molecular formula is C17H21F2N. The Kier molecular flexibility index (Phi) is 2.57. The lowest BCUT2D eigenvalue weighted by Crippen LogP contribution is -2.47. The number of benzene rings is 1. The lowest BCUT2D eigenvalue weighted by molar-refractivity contribution is 0.149. The Morgan fingerprint density at radius 3 is 2.75 bits per heavy atom. The first-order chi connectivity index (χ1) is 9.52. The molecule has 0 spiro atoms. The van der Waals surface area contributed by atoms with E-state index < -0.39 is 17.2 Å². The van der Waals surface area contributed by atoms with Crippen molar-refractivity contribution < 1.29 is 8.78 Å². The van der Waals surface area contributed by atoms with Crippen molar-refractivity contribution in [3.05, 3.63) is 34.9 Å². The third-order valence-corrected chi connectivity index (χ3v) is 6.32. The maximum Gasteiger partial charge on any atom is 0.134 e. The summed E-state index contributed by atoms with van der Waals surface area (Å²) >= 11 is 0. The van der Waals surface area contributed by atoms with E-state index in [1.165, 1.54) is 31.4 Å². The largest absolute Gasteiger partial charge is 0.321 e. The van der Waals surface area contributed by atoms with Gasteiger partial charge < -0.3 is 5.73 Å².